The van der Waals surface area contributed by atoms with E-state index in [9.17, 15) is 4.79 Å². The maximum atomic E-state index is 12.6. The van der Waals surface area contributed by atoms with Crippen molar-refractivity contribution in [3.05, 3.63) is 27.4 Å². The molecule has 150 valence electrons. The third kappa shape index (κ3) is 4.07. The van der Waals surface area contributed by atoms with Gasteiger partial charge in [-0.15, -0.1) is 0 Å². The zero-order valence-electron chi connectivity index (χ0n) is 17.0. The van der Waals surface area contributed by atoms with Crippen LogP contribution < -0.4 is 5.32 Å². The number of hydrogen-bond acceptors (Lipinski definition) is 6. The molecule has 10 heteroatoms. The number of aromatic amines is 1. The van der Waals surface area contributed by atoms with Crippen molar-refractivity contribution in [2.75, 3.05) is 5.32 Å². The number of carbonyl (C=O) groups is 1. The number of aryl methyl sites for hydroxylation is 2. The first-order valence-corrected chi connectivity index (χ1v) is 10.3. The van der Waals surface area contributed by atoms with Crippen LogP contribution in [0.3, 0.4) is 0 Å². The number of anilines is 1. The summed E-state index contributed by atoms with van der Waals surface area (Å²) in [6.45, 7) is 11.0. The normalized spacial score (nSPS) is 11.4. The Bertz CT molecular complexity index is 1070. The fourth-order valence-corrected chi connectivity index (χ4v) is 4.19. The smallest absolute Gasteiger partial charge is 0.230 e. The monoisotopic (exact) mass is 419 g/mol. The van der Waals surface area contributed by atoms with Gasteiger partial charge in [-0.1, -0.05) is 25.2 Å². The van der Waals surface area contributed by atoms with E-state index in [1.54, 1.807) is 4.57 Å². The van der Waals surface area contributed by atoms with Crippen molar-refractivity contribution in [1.82, 2.24) is 29.5 Å². The summed E-state index contributed by atoms with van der Waals surface area (Å²) in [5.74, 6) is 1.10. The van der Waals surface area contributed by atoms with Crippen molar-refractivity contribution in [3.8, 4) is 10.7 Å². The zero-order chi connectivity index (χ0) is 20.6. The van der Waals surface area contributed by atoms with Crippen LogP contribution in [0.25, 0.3) is 10.7 Å². The van der Waals surface area contributed by atoms with Crippen LogP contribution in [0.15, 0.2) is 0 Å². The maximum absolute atomic E-state index is 12.6. The average molecular weight is 420 g/mol. The maximum Gasteiger partial charge on any atom is 0.230 e. The summed E-state index contributed by atoms with van der Waals surface area (Å²) in [7, 11) is 1.85. The van der Waals surface area contributed by atoms with Gasteiger partial charge < -0.3 is 9.88 Å². The van der Waals surface area contributed by atoms with Crippen molar-refractivity contribution in [3.63, 3.8) is 0 Å². The summed E-state index contributed by atoms with van der Waals surface area (Å²) in [4.78, 5) is 18.0. The van der Waals surface area contributed by atoms with Gasteiger partial charge >= 0.3 is 0 Å². The SMILES string of the molecule is Cc1nc(NC(=O)Cc2c(C)nn(CC(C)C)c2C)sc1-c1n[nH]c(=S)n1C. The molecular weight excluding hydrogens is 394 g/mol. The van der Waals surface area contributed by atoms with Gasteiger partial charge in [0.1, 0.15) is 0 Å². The molecule has 0 aromatic carbocycles. The highest BCUT2D eigenvalue weighted by molar-refractivity contribution is 7.71. The number of nitrogens with one attached hydrogen (secondary N) is 2. The van der Waals surface area contributed by atoms with Crippen molar-refractivity contribution >= 4 is 34.6 Å². The van der Waals surface area contributed by atoms with E-state index in [0.29, 0.717) is 21.6 Å². The van der Waals surface area contributed by atoms with E-state index in [2.05, 4.69) is 39.4 Å². The van der Waals surface area contributed by atoms with E-state index in [1.807, 2.05) is 32.5 Å². The minimum atomic E-state index is -0.106. The lowest BCUT2D eigenvalue weighted by molar-refractivity contribution is -0.115. The molecule has 0 aliphatic rings. The minimum Gasteiger partial charge on any atom is -0.303 e. The molecule has 3 heterocycles. The summed E-state index contributed by atoms with van der Waals surface area (Å²) >= 11 is 6.56. The van der Waals surface area contributed by atoms with Crippen LogP contribution in [0.5, 0.6) is 0 Å². The lowest BCUT2D eigenvalue weighted by Gasteiger charge is -2.08. The van der Waals surface area contributed by atoms with Crippen LogP contribution in [0.2, 0.25) is 0 Å². The van der Waals surface area contributed by atoms with E-state index in [-0.39, 0.29) is 12.3 Å². The molecule has 3 rings (SSSR count). The predicted octanol–water partition coefficient (Wildman–Crippen LogP) is 3.56. The second kappa shape index (κ2) is 7.96. The number of thiazole rings is 1. The van der Waals surface area contributed by atoms with Gasteiger partial charge in [0.05, 0.1) is 22.7 Å². The van der Waals surface area contributed by atoms with Crippen LogP contribution in [-0.4, -0.2) is 35.4 Å². The van der Waals surface area contributed by atoms with Crippen LogP contribution in [0.1, 0.15) is 36.5 Å². The summed E-state index contributed by atoms with van der Waals surface area (Å²) < 4.78 is 4.31. The fraction of sp³-hybridized carbons (Fsp3) is 0.500. The number of aromatic nitrogens is 6. The number of amides is 1. The Hall–Kier alpha value is -2.33. The third-order valence-corrected chi connectivity index (χ3v) is 5.97. The van der Waals surface area contributed by atoms with Gasteiger partial charge in [0.25, 0.3) is 0 Å². The Kier molecular flexibility index (Phi) is 5.80. The minimum absolute atomic E-state index is 0.106. The molecule has 0 bridgehead atoms. The van der Waals surface area contributed by atoms with Gasteiger partial charge in [-0.3, -0.25) is 14.6 Å². The quantitative estimate of drug-likeness (QED) is 0.596. The molecule has 0 aliphatic heterocycles. The van der Waals surface area contributed by atoms with Gasteiger partial charge in [0.15, 0.2) is 15.7 Å². The standard InChI is InChI=1S/C18H25N7OS2/c1-9(2)8-25-12(5)13(10(3)23-25)7-14(26)20-17-19-11(4)15(28-17)16-21-22-18(27)24(16)6/h9H,7-8H2,1-6H3,(H,22,27)(H,19,20,26). The van der Waals surface area contributed by atoms with Gasteiger partial charge in [0.2, 0.25) is 5.91 Å². The Balaban J connectivity index is 1.76. The summed E-state index contributed by atoms with van der Waals surface area (Å²) in [6.07, 6.45) is 0.274. The molecule has 0 saturated carbocycles. The molecule has 0 fully saturated rings. The fourth-order valence-electron chi connectivity index (χ4n) is 3.04. The second-order valence-corrected chi connectivity index (χ2v) is 8.68. The molecule has 0 aliphatic carbocycles. The lowest BCUT2D eigenvalue weighted by Crippen LogP contribution is -2.15. The molecule has 0 saturated heterocycles. The first kappa shape index (κ1) is 20.4. The number of hydrogen-bond donors (Lipinski definition) is 2. The Morgan fingerprint density at radius 3 is 2.61 bits per heavy atom. The van der Waals surface area contributed by atoms with Crippen LogP contribution >= 0.6 is 23.6 Å². The molecule has 0 unspecified atom stereocenters. The lowest BCUT2D eigenvalue weighted by atomic mass is 10.1. The summed E-state index contributed by atoms with van der Waals surface area (Å²) in [6, 6.07) is 0. The van der Waals surface area contributed by atoms with Gasteiger partial charge in [-0.05, 0) is 38.9 Å². The van der Waals surface area contributed by atoms with E-state index < -0.39 is 0 Å². The van der Waals surface area contributed by atoms with Crippen molar-refractivity contribution in [1.29, 1.82) is 0 Å². The molecule has 0 atom stereocenters. The Labute approximate surface area is 173 Å². The molecule has 28 heavy (non-hydrogen) atoms. The van der Waals surface area contributed by atoms with Crippen molar-refractivity contribution < 1.29 is 4.79 Å². The highest BCUT2D eigenvalue weighted by Crippen LogP contribution is 2.31. The van der Waals surface area contributed by atoms with Crippen LogP contribution in [-0.2, 0) is 24.8 Å². The highest BCUT2D eigenvalue weighted by atomic mass is 32.1. The molecule has 3 aromatic heterocycles. The summed E-state index contributed by atoms with van der Waals surface area (Å²) in [5.41, 5.74) is 3.71. The number of H-pyrrole nitrogens is 1. The largest absolute Gasteiger partial charge is 0.303 e. The zero-order valence-corrected chi connectivity index (χ0v) is 18.6. The van der Waals surface area contributed by atoms with E-state index >= 15 is 0 Å². The topological polar surface area (TPSA) is 93.4 Å². The van der Waals surface area contributed by atoms with Gasteiger partial charge in [-0.2, -0.15) is 10.2 Å². The first-order chi connectivity index (χ1) is 13.2. The van der Waals surface area contributed by atoms with E-state index in [1.165, 1.54) is 11.3 Å². The van der Waals surface area contributed by atoms with Crippen molar-refractivity contribution in [2.45, 2.75) is 47.6 Å². The number of nitrogens with zero attached hydrogens (tertiary/aromatic N) is 5. The molecule has 0 radical (unpaired) electrons. The van der Waals surface area contributed by atoms with Gasteiger partial charge in [0, 0.05) is 24.8 Å². The average Bonchev–Trinajstić information content (AvgIpc) is 3.20. The van der Waals surface area contributed by atoms with E-state index in [0.717, 1.165) is 34.1 Å². The van der Waals surface area contributed by atoms with Gasteiger partial charge in [-0.25, -0.2) is 4.98 Å². The van der Waals surface area contributed by atoms with Crippen LogP contribution in [0.4, 0.5) is 5.13 Å². The molecular formula is C18H25N7OS2. The number of rotatable bonds is 6. The third-order valence-electron chi connectivity index (χ3n) is 4.53. The van der Waals surface area contributed by atoms with Crippen molar-refractivity contribution in [2.24, 2.45) is 13.0 Å². The second-order valence-electron chi connectivity index (χ2n) is 7.30. The molecule has 3 aromatic rings. The Morgan fingerprint density at radius 2 is 2.00 bits per heavy atom. The van der Waals surface area contributed by atoms with Crippen LogP contribution in [0, 0.1) is 31.5 Å². The Morgan fingerprint density at radius 1 is 1.29 bits per heavy atom. The summed E-state index contributed by atoms with van der Waals surface area (Å²) in [5, 5.41) is 15.1. The predicted molar refractivity (Wildman–Crippen MR) is 113 cm³/mol. The molecule has 2 N–H and O–H groups in total. The number of carbonyl (C=O) groups excluding carboxylic acids is 1. The molecule has 0 spiro atoms. The highest BCUT2D eigenvalue weighted by Gasteiger charge is 2.19. The molecule has 8 nitrogen and oxygen atoms in total. The first-order valence-electron chi connectivity index (χ1n) is 9.09. The van der Waals surface area contributed by atoms with E-state index in [4.69, 9.17) is 12.2 Å². The molecule has 1 amide bonds.